The number of hydrogen-bond donors (Lipinski definition) is 1. The van der Waals surface area contributed by atoms with Crippen molar-refractivity contribution in [2.45, 2.75) is 16.9 Å². The first-order valence-electron chi connectivity index (χ1n) is 8.33. The number of aromatic amines is 1. The molecule has 0 radical (unpaired) electrons. The third-order valence-electron chi connectivity index (χ3n) is 3.99. The van der Waals surface area contributed by atoms with E-state index in [1.165, 1.54) is 23.5 Å². The Morgan fingerprint density at radius 3 is 2.68 bits per heavy atom. The number of para-hydroxylation sites is 1. The lowest BCUT2D eigenvalue weighted by molar-refractivity contribution is 0.465. The molecule has 0 spiro atoms. The molecule has 0 unspecified atom stereocenters. The van der Waals surface area contributed by atoms with Crippen molar-refractivity contribution >= 4 is 44.8 Å². The summed E-state index contributed by atoms with van der Waals surface area (Å²) < 4.78 is 7.32. The molecule has 2 aromatic carbocycles. The van der Waals surface area contributed by atoms with Crippen LogP contribution in [0.4, 0.5) is 0 Å². The van der Waals surface area contributed by atoms with Crippen molar-refractivity contribution in [2.75, 3.05) is 0 Å². The molecule has 2 aromatic heterocycles. The van der Waals surface area contributed by atoms with Gasteiger partial charge in [0.25, 0.3) is 5.56 Å². The number of aryl methyl sites for hydroxylation is 1. The van der Waals surface area contributed by atoms with Gasteiger partial charge in [-0.05, 0) is 47.1 Å². The van der Waals surface area contributed by atoms with Gasteiger partial charge in [-0.3, -0.25) is 4.79 Å². The van der Waals surface area contributed by atoms with E-state index in [4.69, 9.17) is 4.42 Å². The molecule has 2 heterocycles. The van der Waals surface area contributed by atoms with Gasteiger partial charge in [0.15, 0.2) is 5.09 Å². The Morgan fingerprint density at radius 2 is 1.89 bits per heavy atom. The van der Waals surface area contributed by atoms with E-state index < -0.39 is 11.2 Å². The van der Waals surface area contributed by atoms with Gasteiger partial charge in [-0.2, -0.15) is 5.10 Å². The molecular weight excluding hydrogens is 442 g/mol. The maximum Gasteiger partial charge on any atom is 0.349 e. The first-order valence-corrected chi connectivity index (χ1v) is 9.94. The van der Waals surface area contributed by atoms with Crippen LogP contribution in [-0.4, -0.2) is 15.9 Å². The summed E-state index contributed by atoms with van der Waals surface area (Å²) in [7, 11) is 0. The molecule has 6 nitrogen and oxygen atoms in total. The van der Waals surface area contributed by atoms with Gasteiger partial charge < -0.3 is 9.40 Å². The summed E-state index contributed by atoms with van der Waals surface area (Å²) in [6.07, 6.45) is 1.34. The van der Waals surface area contributed by atoms with Crippen LogP contribution in [0, 0.1) is 6.92 Å². The third kappa shape index (κ3) is 3.74. The fourth-order valence-corrected chi connectivity index (χ4v) is 3.92. The highest BCUT2D eigenvalue weighted by molar-refractivity contribution is 9.10. The van der Waals surface area contributed by atoms with E-state index in [0.29, 0.717) is 21.8 Å². The standard InChI is InChI=1S/C20H14BrN3O3S/c1-12-6-8-14(9-7-12)28-19-16(21)10-13(27-19)11-22-24-18(25)15-4-2-3-5-17(15)23-20(24)26/h2-11H,1H3,(H,23,26). The fraction of sp³-hybridized carbons (Fsp3) is 0.0500. The summed E-state index contributed by atoms with van der Waals surface area (Å²) in [5.74, 6) is 0.418. The predicted molar refractivity (Wildman–Crippen MR) is 114 cm³/mol. The number of halogens is 1. The highest BCUT2D eigenvalue weighted by Crippen LogP contribution is 2.35. The molecule has 0 amide bonds. The normalized spacial score (nSPS) is 11.5. The number of hydrogen-bond acceptors (Lipinski definition) is 5. The van der Waals surface area contributed by atoms with E-state index >= 15 is 0 Å². The Morgan fingerprint density at radius 1 is 1.14 bits per heavy atom. The molecule has 1 N–H and O–H groups in total. The summed E-state index contributed by atoms with van der Waals surface area (Å²) in [6.45, 7) is 2.03. The van der Waals surface area contributed by atoms with E-state index in [-0.39, 0.29) is 0 Å². The number of fused-ring (bicyclic) bond motifs is 1. The average Bonchev–Trinajstić information content (AvgIpc) is 3.03. The summed E-state index contributed by atoms with van der Waals surface area (Å²) in [5.41, 5.74) is 0.554. The van der Waals surface area contributed by atoms with Gasteiger partial charge in [-0.1, -0.05) is 41.6 Å². The molecule has 4 aromatic rings. The van der Waals surface area contributed by atoms with E-state index in [9.17, 15) is 9.59 Å². The Bertz CT molecular complexity index is 1300. The van der Waals surface area contributed by atoms with Crippen LogP contribution in [-0.2, 0) is 0 Å². The van der Waals surface area contributed by atoms with Crippen LogP contribution in [0.15, 0.2) is 88.2 Å². The maximum absolute atomic E-state index is 12.5. The van der Waals surface area contributed by atoms with Crippen molar-refractivity contribution in [1.29, 1.82) is 0 Å². The zero-order valence-corrected chi connectivity index (χ0v) is 17.1. The largest absolute Gasteiger partial charge is 0.447 e. The predicted octanol–water partition coefficient (Wildman–Crippen LogP) is 4.39. The second-order valence-electron chi connectivity index (χ2n) is 6.04. The van der Waals surface area contributed by atoms with Crippen molar-refractivity contribution in [3.05, 3.63) is 91.2 Å². The molecule has 0 atom stereocenters. The highest BCUT2D eigenvalue weighted by Gasteiger charge is 2.11. The summed E-state index contributed by atoms with van der Waals surface area (Å²) >= 11 is 4.93. The molecule has 0 fully saturated rings. The van der Waals surface area contributed by atoms with E-state index in [2.05, 4.69) is 26.0 Å². The van der Waals surface area contributed by atoms with Crippen molar-refractivity contribution in [1.82, 2.24) is 9.66 Å². The van der Waals surface area contributed by atoms with Crippen molar-refractivity contribution in [3.8, 4) is 0 Å². The summed E-state index contributed by atoms with van der Waals surface area (Å²) in [4.78, 5) is 28.3. The number of nitrogens with one attached hydrogen (secondary N) is 1. The first kappa shape index (κ1) is 18.5. The SMILES string of the molecule is Cc1ccc(Sc2oc(C=Nn3c(=O)[nH]c4ccccc4c3=O)cc2Br)cc1. The minimum Gasteiger partial charge on any atom is -0.447 e. The van der Waals surface area contributed by atoms with Crippen LogP contribution in [0.3, 0.4) is 0 Å². The van der Waals surface area contributed by atoms with Gasteiger partial charge in [0.1, 0.15) is 5.76 Å². The molecule has 140 valence electrons. The zero-order valence-electron chi connectivity index (χ0n) is 14.7. The van der Waals surface area contributed by atoms with Crippen molar-refractivity contribution in [2.24, 2.45) is 5.10 Å². The number of benzene rings is 2. The fourth-order valence-electron chi connectivity index (χ4n) is 2.59. The number of H-pyrrole nitrogens is 1. The molecule has 0 saturated heterocycles. The van der Waals surface area contributed by atoms with Crippen molar-refractivity contribution < 1.29 is 4.42 Å². The monoisotopic (exact) mass is 455 g/mol. The van der Waals surface area contributed by atoms with E-state index in [0.717, 1.165) is 14.0 Å². The molecule has 8 heteroatoms. The Kier molecular flexibility index (Phi) is 5.06. The Balaban J connectivity index is 1.64. The van der Waals surface area contributed by atoms with Crippen LogP contribution >= 0.6 is 27.7 Å². The van der Waals surface area contributed by atoms with Crippen molar-refractivity contribution in [3.63, 3.8) is 0 Å². The minimum atomic E-state index is -0.611. The second-order valence-corrected chi connectivity index (χ2v) is 7.94. The summed E-state index contributed by atoms with van der Waals surface area (Å²) in [6, 6.07) is 16.6. The number of nitrogens with zero attached hydrogens (tertiary/aromatic N) is 2. The first-order chi connectivity index (χ1) is 13.5. The Hall–Kier alpha value is -2.84. The lowest BCUT2D eigenvalue weighted by atomic mass is 10.2. The zero-order chi connectivity index (χ0) is 19.7. The van der Waals surface area contributed by atoms with Crippen LogP contribution in [0.5, 0.6) is 0 Å². The van der Waals surface area contributed by atoms with Crippen LogP contribution in [0.25, 0.3) is 10.9 Å². The maximum atomic E-state index is 12.5. The van der Waals surface area contributed by atoms with Crippen LogP contribution in [0.2, 0.25) is 0 Å². The lowest BCUT2D eigenvalue weighted by Gasteiger charge is -2.00. The van der Waals surface area contributed by atoms with Gasteiger partial charge in [0.2, 0.25) is 0 Å². The van der Waals surface area contributed by atoms with Gasteiger partial charge in [0.05, 0.1) is 21.6 Å². The van der Waals surface area contributed by atoms with Gasteiger partial charge in [-0.25, -0.2) is 4.79 Å². The average molecular weight is 456 g/mol. The molecule has 28 heavy (non-hydrogen) atoms. The lowest BCUT2D eigenvalue weighted by Crippen LogP contribution is -2.32. The quantitative estimate of drug-likeness (QED) is 0.462. The molecule has 0 bridgehead atoms. The van der Waals surface area contributed by atoms with E-state index in [1.54, 1.807) is 30.3 Å². The molecule has 0 aliphatic carbocycles. The topological polar surface area (TPSA) is 80.4 Å². The second kappa shape index (κ2) is 7.65. The van der Waals surface area contributed by atoms with Gasteiger partial charge >= 0.3 is 5.69 Å². The number of aromatic nitrogens is 2. The summed E-state index contributed by atoms with van der Waals surface area (Å²) in [5, 5.41) is 5.05. The smallest absolute Gasteiger partial charge is 0.349 e. The number of rotatable bonds is 4. The third-order valence-corrected chi connectivity index (χ3v) is 5.84. The highest BCUT2D eigenvalue weighted by atomic mass is 79.9. The molecule has 4 rings (SSSR count). The molecule has 0 saturated carbocycles. The van der Waals surface area contributed by atoms with Gasteiger partial charge in [0, 0.05) is 11.0 Å². The molecular formula is C20H14BrN3O3S. The van der Waals surface area contributed by atoms with Crippen LogP contribution in [0.1, 0.15) is 11.3 Å². The van der Waals surface area contributed by atoms with E-state index in [1.807, 2.05) is 31.2 Å². The minimum absolute atomic E-state index is 0.385. The molecule has 0 aliphatic rings. The van der Waals surface area contributed by atoms with Gasteiger partial charge in [-0.15, -0.1) is 4.68 Å². The molecule has 0 aliphatic heterocycles. The number of furan rings is 1. The van der Waals surface area contributed by atoms with Crippen LogP contribution < -0.4 is 11.2 Å². The Labute approximate surface area is 172 Å².